The van der Waals surface area contributed by atoms with E-state index in [-0.39, 0.29) is 25.2 Å². The summed E-state index contributed by atoms with van der Waals surface area (Å²) in [7, 11) is 6.09. The normalized spacial score (nSPS) is 11.0. The zero-order valence-corrected chi connectivity index (χ0v) is 13.9. The predicted octanol–water partition coefficient (Wildman–Crippen LogP) is 1.15. The maximum atomic E-state index is 11.5. The van der Waals surface area contributed by atoms with Crippen molar-refractivity contribution in [3.05, 3.63) is 0 Å². The summed E-state index contributed by atoms with van der Waals surface area (Å²) in [6.07, 6.45) is 2.61. The van der Waals surface area contributed by atoms with Gasteiger partial charge in [0.25, 0.3) is 0 Å². The van der Waals surface area contributed by atoms with Gasteiger partial charge in [0.05, 0.1) is 6.42 Å². The van der Waals surface area contributed by atoms with Crippen molar-refractivity contribution < 1.29 is 19.1 Å². The number of hydrogen-bond acceptors (Lipinski definition) is 6. The summed E-state index contributed by atoms with van der Waals surface area (Å²) in [5, 5.41) is 0. The number of rotatable bonds is 12. The molecule has 0 aliphatic carbocycles. The molecule has 124 valence electrons. The van der Waals surface area contributed by atoms with Gasteiger partial charge in [-0.15, -0.1) is 0 Å². The first-order chi connectivity index (χ1) is 9.95. The molecule has 6 heteroatoms. The smallest absolute Gasteiger partial charge is 0.307 e. The second-order valence-electron chi connectivity index (χ2n) is 5.40. The molecule has 0 rings (SSSR count). The molecule has 0 aliphatic heterocycles. The van der Waals surface area contributed by atoms with E-state index in [0.717, 1.165) is 25.9 Å². The molecule has 6 nitrogen and oxygen atoms in total. The molecule has 0 radical (unpaired) electrons. The Hall–Kier alpha value is -1.14. The monoisotopic (exact) mass is 302 g/mol. The zero-order chi connectivity index (χ0) is 16.1. The summed E-state index contributed by atoms with van der Waals surface area (Å²) < 4.78 is 9.92. The molecule has 0 atom stereocenters. The lowest BCUT2D eigenvalue weighted by Gasteiger charge is -2.17. The topological polar surface area (TPSA) is 59.1 Å². The van der Waals surface area contributed by atoms with Crippen molar-refractivity contribution in [2.45, 2.75) is 32.6 Å². The quantitative estimate of drug-likeness (QED) is 0.398. The maximum absolute atomic E-state index is 11.5. The molecule has 0 N–H and O–H groups in total. The Labute approximate surface area is 128 Å². The van der Waals surface area contributed by atoms with Gasteiger partial charge in [0.1, 0.15) is 13.2 Å². The molecule has 0 fully saturated rings. The molecule has 0 spiro atoms. The summed E-state index contributed by atoms with van der Waals surface area (Å²) in [4.78, 5) is 26.8. The van der Waals surface area contributed by atoms with E-state index in [0.29, 0.717) is 19.4 Å². The SMILES string of the molecule is CCCC(=O)OCCOC(=O)CCN(C)CCCN(C)C. The molecule has 21 heavy (non-hydrogen) atoms. The number of nitrogens with zero attached hydrogens (tertiary/aromatic N) is 2. The highest BCUT2D eigenvalue weighted by Crippen LogP contribution is 1.95. The highest BCUT2D eigenvalue weighted by atomic mass is 16.6. The van der Waals surface area contributed by atoms with Gasteiger partial charge in [0.2, 0.25) is 0 Å². The maximum Gasteiger partial charge on any atom is 0.307 e. The van der Waals surface area contributed by atoms with Gasteiger partial charge >= 0.3 is 11.9 Å². The Balaban J connectivity index is 3.51. The summed E-state index contributed by atoms with van der Waals surface area (Å²) >= 11 is 0. The van der Waals surface area contributed by atoms with Crippen molar-refractivity contribution in [2.75, 3.05) is 54.0 Å². The molecule has 0 amide bonds. The number of esters is 2. The van der Waals surface area contributed by atoms with E-state index in [4.69, 9.17) is 9.47 Å². The van der Waals surface area contributed by atoms with Crippen LogP contribution in [-0.2, 0) is 19.1 Å². The first-order valence-electron chi connectivity index (χ1n) is 7.60. The van der Waals surface area contributed by atoms with Crippen molar-refractivity contribution in [3.63, 3.8) is 0 Å². The average Bonchev–Trinajstić information content (AvgIpc) is 2.41. The van der Waals surface area contributed by atoms with E-state index in [1.165, 1.54) is 0 Å². The van der Waals surface area contributed by atoms with Gasteiger partial charge in [-0.3, -0.25) is 9.59 Å². The minimum atomic E-state index is -0.249. The van der Waals surface area contributed by atoms with Crippen LogP contribution in [0.5, 0.6) is 0 Å². The van der Waals surface area contributed by atoms with Crippen LogP contribution in [0.2, 0.25) is 0 Å². The molecule has 0 saturated heterocycles. The summed E-state index contributed by atoms with van der Waals surface area (Å²) in [5.41, 5.74) is 0. The molecule has 0 aromatic heterocycles. The van der Waals surface area contributed by atoms with Crippen molar-refractivity contribution in [2.24, 2.45) is 0 Å². The second-order valence-corrected chi connectivity index (χ2v) is 5.40. The third kappa shape index (κ3) is 13.6. The van der Waals surface area contributed by atoms with Gasteiger partial charge in [-0.1, -0.05) is 6.92 Å². The van der Waals surface area contributed by atoms with Crippen LogP contribution in [0.25, 0.3) is 0 Å². The Kier molecular flexibility index (Phi) is 11.9. The van der Waals surface area contributed by atoms with Crippen molar-refractivity contribution in [3.8, 4) is 0 Å². The van der Waals surface area contributed by atoms with Crippen LogP contribution in [0.4, 0.5) is 0 Å². The molecule has 0 bridgehead atoms. The molecule has 0 aromatic rings. The van der Waals surface area contributed by atoms with Crippen molar-refractivity contribution in [1.29, 1.82) is 0 Å². The van der Waals surface area contributed by atoms with Crippen LogP contribution >= 0.6 is 0 Å². The lowest BCUT2D eigenvalue weighted by molar-refractivity contribution is -0.152. The average molecular weight is 302 g/mol. The highest BCUT2D eigenvalue weighted by Gasteiger charge is 2.07. The van der Waals surface area contributed by atoms with Gasteiger partial charge in [-0.05, 0) is 47.1 Å². The fourth-order valence-electron chi connectivity index (χ4n) is 1.71. The Bertz CT molecular complexity index is 295. The second kappa shape index (κ2) is 12.6. The molecule has 0 aliphatic rings. The largest absolute Gasteiger partial charge is 0.462 e. The lowest BCUT2D eigenvalue weighted by Crippen LogP contribution is -2.26. The fraction of sp³-hybridized carbons (Fsp3) is 0.867. The van der Waals surface area contributed by atoms with E-state index in [1.54, 1.807) is 0 Å². The third-order valence-electron chi connectivity index (χ3n) is 2.91. The molecule has 0 unspecified atom stereocenters. The van der Waals surface area contributed by atoms with Crippen LogP contribution in [0.15, 0.2) is 0 Å². The Morgan fingerprint density at radius 1 is 0.857 bits per heavy atom. The minimum absolute atomic E-state index is 0.138. The zero-order valence-electron chi connectivity index (χ0n) is 13.9. The standard InChI is InChI=1S/C15H30N2O4/c1-5-7-14(18)20-12-13-21-15(19)8-11-17(4)10-6-9-16(2)3/h5-13H2,1-4H3. The number of ether oxygens (including phenoxy) is 2. The number of hydrogen-bond donors (Lipinski definition) is 0. The first kappa shape index (κ1) is 19.9. The Morgan fingerprint density at radius 3 is 1.95 bits per heavy atom. The van der Waals surface area contributed by atoms with Gasteiger partial charge in [-0.25, -0.2) is 0 Å². The van der Waals surface area contributed by atoms with Crippen molar-refractivity contribution >= 4 is 11.9 Å². The minimum Gasteiger partial charge on any atom is -0.462 e. The van der Waals surface area contributed by atoms with E-state index in [1.807, 2.05) is 28.1 Å². The van der Waals surface area contributed by atoms with Crippen LogP contribution in [0, 0.1) is 0 Å². The number of carbonyl (C=O) groups is 2. The van der Waals surface area contributed by atoms with E-state index < -0.39 is 0 Å². The lowest BCUT2D eigenvalue weighted by atomic mass is 10.3. The first-order valence-corrected chi connectivity index (χ1v) is 7.60. The third-order valence-corrected chi connectivity index (χ3v) is 2.91. The molecule has 0 aromatic carbocycles. The summed E-state index contributed by atoms with van der Waals surface area (Å²) in [6.45, 7) is 4.87. The van der Waals surface area contributed by atoms with E-state index in [9.17, 15) is 9.59 Å². The highest BCUT2D eigenvalue weighted by molar-refractivity contribution is 5.70. The van der Waals surface area contributed by atoms with Gasteiger partial charge < -0.3 is 19.3 Å². The van der Waals surface area contributed by atoms with Crippen LogP contribution in [0.1, 0.15) is 32.6 Å². The molecule has 0 saturated carbocycles. The fourth-order valence-corrected chi connectivity index (χ4v) is 1.71. The van der Waals surface area contributed by atoms with Crippen LogP contribution in [0.3, 0.4) is 0 Å². The molecular formula is C15H30N2O4. The van der Waals surface area contributed by atoms with Gasteiger partial charge in [0, 0.05) is 13.0 Å². The van der Waals surface area contributed by atoms with Gasteiger partial charge in [-0.2, -0.15) is 0 Å². The Morgan fingerprint density at radius 2 is 1.43 bits per heavy atom. The molecule has 0 heterocycles. The van der Waals surface area contributed by atoms with Crippen LogP contribution in [-0.4, -0.2) is 75.7 Å². The number of carbonyl (C=O) groups excluding carboxylic acids is 2. The molecular weight excluding hydrogens is 272 g/mol. The predicted molar refractivity (Wildman–Crippen MR) is 82.1 cm³/mol. The summed E-state index contributed by atoms with van der Waals surface area (Å²) in [6, 6.07) is 0. The summed E-state index contributed by atoms with van der Waals surface area (Å²) in [5.74, 6) is -0.491. The van der Waals surface area contributed by atoms with E-state index >= 15 is 0 Å². The van der Waals surface area contributed by atoms with Crippen LogP contribution < -0.4 is 0 Å². The van der Waals surface area contributed by atoms with E-state index in [2.05, 4.69) is 9.80 Å². The van der Waals surface area contributed by atoms with Gasteiger partial charge in [0.15, 0.2) is 0 Å². The van der Waals surface area contributed by atoms with Crippen molar-refractivity contribution in [1.82, 2.24) is 9.80 Å².